The van der Waals surface area contributed by atoms with Crippen molar-refractivity contribution in [3.05, 3.63) is 39.9 Å². The molecule has 5 heteroatoms. The molecule has 4 nitrogen and oxygen atoms in total. The van der Waals surface area contributed by atoms with Gasteiger partial charge in [-0.05, 0) is 41.4 Å². The van der Waals surface area contributed by atoms with Gasteiger partial charge in [0.15, 0.2) is 0 Å². The van der Waals surface area contributed by atoms with Crippen LogP contribution in [0.25, 0.3) is 5.69 Å². The van der Waals surface area contributed by atoms with Crippen molar-refractivity contribution in [3.8, 4) is 5.69 Å². The fourth-order valence-electron chi connectivity index (χ4n) is 1.88. The van der Waals surface area contributed by atoms with Crippen LogP contribution in [-0.2, 0) is 6.54 Å². The second kappa shape index (κ2) is 5.84. The SMILES string of the molecule is Cc1nn(-c2cncc(CNC(C)C)c2)c(C)c1Br. The van der Waals surface area contributed by atoms with E-state index in [1.165, 1.54) is 0 Å². The maximum absolute atomic E-state index is 4.53. The number of pyridine rings is 1. The third-order valence-corrected chi connectivity index (χ3v) is 4.09. The van der Waals surface area contributed by atoms with Crippen LogP contribution in [0.1, 0.15) is 30.8 Å². The summed E-state index contributed by atoms with van der Waals surface area (Å²) >= 11 is 3.55. The molecule has 0 aliphatic rings. The van der Waals surface area contributed by atoms with Gasteiger partial charge in [-0.25, -0.2) is 4.68 Å². The van der Waals surface area contributed by atoms with Gasteiger partial charge in [-0.1, -0.05) is 13.8 Å². The predicted octanol–water partition coefficient (Wildman–Crippen LogP) is 3.14. The maximum Gasteiger partial charge on any atom is 0.0835 e. The smallest absolute Gasteiger partial charge is 0.0835 e. The molecule has 0 aliphatic carbocycles. The maximum atomic E-state index is 4.53. The minimum atomic E-state index is 0.464. The van der Waals surface area contributed by atoms with Gasteiger partial charge in [-0.2, -0.15) is 5.10 Å². The number of rotatable bonds is 4. The van der Waals surface area contributed by atoms with Gasteiger partial charge >= 0.3 is 0 Å². The van der Waals surface area contributed by atoms with Gasteiger partial charge < -0.3 is 5.32 Å². The third-order valence-electron chi connectivity index (χ3n) is 2.94. The van der Waals surface area contributed by atoms with Crippen molar-refractivity contribution in [2.75, 3.05) is 0 Å². The van der Waals surface area contributed by atoms with Gasteiger partial charge in [0.25, 0.3) is 0 Å². The summed E-state index contributed by atoms with van der Waals surface area (Å²) in [6, 6.07) is 2.58. The molecule has 0 aromatic carbocycles. The van der Waals surface area contributed by atoms with Crippen molar-refractivity contribution in [1.29, 1.82) is 0 Å². The van der Waals surface area contributed by atoms with E-state index in [-0.39, 0.29) is 0 Å². The van der Waals surface area contributed by atoms with Crippen LogP contribution in [0.5, 0.6) is 0 Å². The van der Waals surface area contributed by atoms with E-state index in [9.17, 15) is 0 Å². The third kappa shape index (κ3) is 3.22. The highest BCUT2D eigenvalue weighted by molar-refractivity contribution is 9.10. The fraction of sp³-hybridized carbons (Fsp3) is 0.429. The van der Waals surface area contributed by atoms with Crippen molar-refractivity contribution < 1.29 is 0 Å². The second-order valence-corrected chi connectivity index (χ2v) is 5.78. The number of nitrogens with one attached hydrogen (secondary N) is 1. The molecule has 0 saturated heterocycles. The van der Waals surface area contributed by atoms with Crippen LogP contribution in [0.15, 0.2) is 22.9 Å². The van der Waals surface area contributed by atoms with Gasteiger partial charge in [-0.15, -0.1) is 0 Å². The largest absolute Gasteiger partial charge is 0.310 e. The van der Waals surface area contributed by atoms with E-state index < -0.39 is 0 Å². The molecule has 19 heavy (non-hydrogen) atoms. The summed E-state index contributed by atoms with van der Waals surface area (Å²) < 4.78 is 2.98. The van der Waals surface area contributed by atoms with E-state index in [0.717, 1.165) is 33.7 Å². The van der Waals surface area contributed by atoms with Crippen LogP contribution in [0, 0.1) is 13.8 Å². The molecule has 0 radical (unpaired) electrons. The van der Waals surface area contributed by atoms with Gasteiger partial charge in [-0.3, -0.25) is 4.98 Å². The van der Waals surface area contributed by atoms with Crippen LogP contribution < -0.4 is 5.32 Å². The Morgan fingerprint density at radius 1 is 1.32 bits per heavy atom. The molecule has 0 fully saturated rings. The molecule has 1 N–H and O–H groups in total. The van der Waals surface area contributed by atoms with Crippen molar-refractivity contribution in [2.45, 2.75) is 40.3 Å². The minimum Gasteiger partial charge on any atom is -0.310 e. The van der Waals surface area contributed by atoms with E-state index in [1.54, 1.807) is 0 Å². The van der Waals surface area contributed by atoms with Crippen molar-refractivity contribution in [3.63, 3.8) is 0 Å². The number of hydrogen-bond donors (Lipinski definition) is 1. The number of aryl methyl sites for hydroxylation is 1. The van der Waals surface area contributed by atoms with Crippen LogP contribution in [0.2, 0.25) is 0 Å². The first kappa shape index (κ1) is 14.2. The Kier molecular flexibility index (Phi) is 4.37. The van der Waals surface area contributed by atoms with Crippen LogP contribution in [0.4, 0.5) is 0 Å². The molecular formula is C14H19BrN4. The number of nitrogens with zero attached hydrogens (tertiary/aromatic N) is 3. The summed E-state index contributed by atoms with van der Waals surface area (Å²) in [6.45, 7) is 9.12. The highest BCUT2D eigenvalue weighted by Crippen LogP contribution is 2.22. The summed E-state index contributed by atoms with van der Waals surface area (Å²) in [5.41, 5.74) is 4.24. The summed E-state index contributed by atoms with van der Waals surface area (Å²) in [6.07, 6.45) is 3.73. The Morgan fingerprint density at radius 3 is 2.63 bits per heavy atom. The average Bonchev–Trinajstić information content (AvgIpc) is 2.64. The lowest BCUT2D eigenvalue weighted by Crippen LogP contribution is -2.22. The zero-order chi connectivity index (χ0) is 14.0. The minimum absolute atomic E-state index is 0.464. The van der Waals surface area contributed by atoms with E-state index in [2.05, 4.69) is 51.2 Å². The monoisotopic (exact) mass is 322 g/mol. The van der Waals surface area contributed by atoms with Gasteiger partial charge in [0, 0.05) is 18.8 Å². The van der Waals surface area contributed by atoms with Crippen molar-refractivity contribution >= 4 is 15.9 Å². The summed E-state index contributed by atoms with van der Waals surface area (Å²) in [5.74, 6) is 0. The first-order valence-electron chi connectivity index (χ1n) is 6.38. The molecule has 2 heterocycles. The van der Waals surface area contributed by atoms with Crippen LogP contribution >= 0.6 is 15.9 Å². The summed E-state index contributed by atoms with van der Waals surface area (Å²) in [4.78, 5) is 4.30. The second-order valence-electron chi connectivity index (χ2n) is 4.98. The molecule has 0 saturated carbocycles. The first-order chi connectivity index (χ1) is 8.99. The zero-order valence-corrected chi connectivity index (χ0v) is 13.3. The molecule has 2 aromatic rings. The van der Waals surface area contributed by atoms with Crippen LogP contribution in [0.3, 0.4) is 0 Å². The Balaban J connectivity index is 2.30. The lowest BCUT2D eigenvalue weighted by Gasteiger charge is -2.09. The number of halogens is 1. The number of hydrogen-bond acceptors (Lipinski definition) is 3. The Bertz CT molecular complexity index is 575. The van der Waals surface area contributed by atoms with Crippen LogP contribution in [-0.4, -0.2) is 20.8 Å². The quantitative estimate of drug-likeness (QED) is 0.940. The van der Waals surface area contributed by atoms with E-state index >= 15 is 0 Å². The zero-order valence-electron chi connectivity index (χ0n) is 11.7. The molecule has 2 aromatic heterocycles. The average molecular weight is 323 g/mol. The first-order valence-corrected chi connectivity index (χ1v) is 7.17. The lowest BCUT2D eigenvalue weighted by molar-refractivity contribution is 0.587. The highest BCUT2D eigenvalue weighted by Gasteiger charge is 2.10. The van der Waals surface area contributed by atoms with E-state index in [0.29, 0.717) is 6.04 Å². The van der Waals surface area contributed by atoms with Gasteiger partial charge in [0.05, 0.1) is 27.7 Å². The molecule has 0 atom stereocenters. The van der Waals surface area contributed by atoms with Gasteiger partial charge in [0.1, 0.15) is 0 Å². The highest BCUT2D eigenvalue weighted by atomic mass is 79.9. The Morgan fingerprint density at radius 2 is 2.05 bits per heavy atom. The molecule has 2 rings (SSSR count). The van der Waals surface area contributed by atoms with Crippen molar-refractivity contribution in [2.24, 2.45) is 0 Å². The molecule has 0 aliphatic heterocycles. The van der Waals surface area contributed by atoms with Gasteiger partial charge in [0.2, 0.25) is 0 Å². The predicted molar refractivity (Wildman–Crippen MR) is 80.5 cm³/mol. The normalized spacial score (nSPS) is 11.3. The summed E-state index contributed by atoms with van der Waals surface area (Å²) in [7, 11) is 0. The fourth-order valence-corrected chi connectivity index (χ4v) is 2.13. The molecule has 0 bridgehead atoms. The standard InChI is InChI=1S/C14H19BrN4/c1-9(2)17-7-12-5-13(8-16-6-12)19-11(4)14(15)10(3)18-19/h5-6,8-9,17H,7H2,1-4H3. The topological polar surface area (TPSA) is 42.7 Å². The summed E-state index contributed by atoms with van der Waals surface area (Å²) in [5, 5.41) is 7.92. The Labute approximate surface area is 122 Å². The Hall–Kier alpha value is -1.20. The van der Waals surface area contributed by atoms with E-state index in [1.807, 2.05) is 30.9 Å². The molecule has 102 valence electrons. The van der Waals surface area contributed by atoms with Crippen molar-refractivity contribution in [1.82, 2.24) is 20.1 Å². The lowest BCUT2D eigenvalue weighted by atomic mass is 10.2. The molecule has 0 unspecified atom stereocenters. The van der Waals surface area contributed by atoms with E-state index in [4.69, 9.17) is 0 Å². The molecule has 0 spiro atoms. The number of aromatic nitrogens is 3. The molecule has 0 amide bonds. The molecular weight excluding hydrogens is 304 g/mol.